The van der Waals surface area contributed by atoms with Gasteiger partial charge in [0.15, 0.2) is 0 Å². The summed E-state index contributed by atoms with van der Waals surface area (Å²) in [6, 6.07) is 17.1. The molecule has 1 aromatic heterocycles. The monoisotopic (exact) mass is 393 g/mol. The third kappa shape index (κ3) is 5.01. The average Bonchev–Trinajstić information content (AvgIpc) is 3.25. The van der Waals surface area contributed by atoms with Crippen molar-refractivity contribution in [3.05, 3.63) is 66.0 Å². The van der Waals surface area contributed by atoms with E-state index in [2.05, 4.69) is 46.2 Å². The Bertz CT molecular complexity index is 776. The second kappa shape index (κ2) is 9.48. The Kier molecular flexibility index (Phi) is 6.54. The lowest BCUT2D eigenvalue weighted by Crippen LogP contribution is -2.47. The average molecular weight is 394 g/mol. The van der Waals surface area contributed by atoms with Gasteiger partial charge in [0, 0.05) is 44.3 Å². The number of amides is 1. The Morgan fingerprint density at radius 2 is 1.90 bits per heavy atom. The fourth-order valence-corrected chi connectivity index (χ4v) is 4.65. The van der Waals surface area contributed by atoms with Gasteiger partial charge in [0.2, 0.25) is 5.91 Å². The van der Waals surface area contributed by atoms with Crippen molar-refractivity contribution >= 4 is 5.91 Å². The fourth-order valence-electron chi connectivity index (χ4n) is 4.65. The zero-order chi connectivity index (χ0) is 20.1. The van der Waals surface area contributed by atoms with Crippen LogP contribution >= 0.6 is 0 Å². The molecule has 29 heavy (non-hydrogen) atoms. The third-order valence-corrected chi connectivity index (χ3v) is 6.22. The molecule has 154 valence electrons. The predicted octanol–water partition coefficient (Wildman–Crippen LogP) is 2.01. The highest BCUT2D eigenvalue weighted by atomic mass is 16.2. The van der Waals surface area contributed by atoms with Crippen molar-refractivity contribution in [2.45, 2.75) is 31.3 Å². The topological polar surface area (TPSA) is 60.5 Å². The van der Waals surface area contributed by atoms with Crippen molar-refractivity contribution in [2.24, 2.45) is 5.92 Å². The minimum Gasteiger partial charge on any atom is -0.342 e. The molecule has 6 nitrogen and oxygen atoms in total. The van der Waals surface area contributed by atoms with E-state index < -0.39 is 0 Å². The molecular weight excluding hydrogens is 362 g/mol. The highest BCUT2D eigenvalue weighted by Gasteiger charge is 2.36. The summed E-state index contributed by atoms with van der Waals surface area (Å²) in [5.41, 5.74) is 9.26. The van der Waals surface area contributed by atoms with Crippen molar-refractivity contribution < 1.29 is 4.79 Å². The van der Waals surface area contributed by atoms with Crippen LogP contribution in [0.4, 0.5) is 0 Å². The Morgan fingerprint density at radius 3 is 2.62 bits per heavy atom. The smallest absolute Gasteiger partial charge is 0.236 e. The van der Waals surface area contributed by atoms with E-state index in [0.29, 0.717) is 31.0 Å². The Morgan fingerprint density at radius 1 is 1.14 bits per heavy atom. The van der Waals surface area contributed by atoms with Crippen LogP contribution in [0.15, 0.2) is 54.7 Å². The highest BCUT2D eigenvalue weighted by molar-refractivity contribution is 5.78. The molecule has 6 heteroatoms. The molecule has 0 spiro atoms. The molecule has 2 atom stereocenters. The number of pyridine rings is 1. The molecule has 2 aromatic rings. The molecule has 2 unspecified atom stereocenters. The summed E-state index contributed by atoms with van der Waals surface area (Å²) in [5.74, 6) is 1.30. The maximum absolute atomic E-state index is 12.7. The molecule has 0 radical (unpaired) electrons. The van der Waals surface area contributed by atoms with E-state index in [1.54, 1.807) is 6.20 Å². The summed E-state index contributed by atoms with van der Waals surface area (Å²) < 4.78 is 0. The number of carbonyl (C=O) groups excluding carboxylic acids is 1. The maximum Gasteiger partial charge on any atom is 0.236 e. The summed E-state index contributed by atoms with van der Waals surface area (Å²) in [4.78, 5) is 21.2. The van der Waals surface area contributed by atoms with E-state index in [-0.39, 0.29) is 5.91 Å². The second-order valence-electron chi connectivity index (χ2n) is 8.28. The van der Waals surface area contributed by atoms with Gasteiger partial charge in [0.05, 0.1) is 12.2 Å². The molecule has 2 N–H and O–H groups in total. The van der Waals surface area contributed by atoms with Gasteiger partial charge in [-0.05, 0) is 43.5 Å². The number of carbonyl (C=O) groups is 1. The lowest BCUT2D eigenvalue weighted by Gasteiger charge is -2.37. The quantitative estimate of drug-likeness (QED) is 0.786. The van der Waals surface area contributed by atoms with Gasteiger partial charge in [-0.15, -0.1) is 0 Å². The zero-order valence-corrected chi connectivity index (χ0v) is 17.1. The lowest BCUT2D eigenvalue weighted by molar-refractivity contribution is -0.133. The number of aromatic nitrogens is 1. The number of rotatable bonds is 6. The largest absolute Gasteiger partial charge is 0.342 e. The van der Waals surface area contributed by atoms with Crippen LogP contribution in [-0.2, 0) is 11.3 Å². The van der Waals surface area contributed by atoms with Crippen molar-refractivity contribution in [3.63, 3.8) is 0 Å². The van der Waals surface area contributed by atoms with E-state index in [4.69, 9.17) is 0 Å². The molecule has 0 bridgehead atoms. The molecule has 2 aliphatic rings. The summed E-state index contributed by atoms with van der Waals surface area (Å²) in [6.45, 7) is 3.80. The van der Waals surface area contributed by atoms with Gasteiger partial charge in [-0.3, -0.25) is 25.5 Å². The molecule has 1 amide bonds. The van der Waals surface area contributed by atoms with E-state index >= 15 is 0 Å². The van der Waals surface area contributed by atoms with Gasteiger partial charge in [-0.1, -0.05) is 36.4 Å². The third-order valence-electron chi connectivity index (χ3n) is 6.22. The zero-order valence-electron chi connectivity index (χ0n) is 17.1. The molecule has 1 aromatic carbocycles. The Labute approximate surface area is 173 Å². The highest BCUT2D eigenvalue weighted by Crippen LogP contribution is 2.32. The number of hydrazine groups is 1. The van der Waals surface area contributed by atoms with Crippen LogP contribution in [0.5, 0.6) is 0 Å². The Balaban J connectivity index is 1.27. The summed E-state index contributed by atoms with van der Waals surface area (Å²) in [6.07, 6.45) is 3.90. The molecule has 3 heterocycles. The fraction of sp³-hybridized carbons (Fsp3) is 0.478. The first-order valence-corrected chi connectivity index (χ1v) is 10.6. The Hall–Kier alpha value is -2.28. The van der Waals surface area contributed by atoms with Crippen molar-refractivity contribution in [1.29, 1.82) is 0 Å². The molecule has 2 fully saturated rings. The molecular formula is C23H31N5O. The number of hydrogen-bond acceptors (Lipinski definition) is 5. The molecule has 4 rings (SSSR count). The van der Waals surface area contributed by atoms with Crippen molar-refractivity contribution in [2.75, 3.05) is 33.2 Å². The molecule has 0 saturated carbocycles. The first-order valence-electron chi connectivity index (χ1n) is 10.6. The minimum absolute atomic E-state index is 0.221. The van der Waals surface area contributed by atoms with Gasteiger partial charge >= 0.3 is 0 Å². The second-order valence-corrected chi connectivity index (χ2v) is 8.28. The van der Waals surface area contributed by atoms with E-state index in [9.17, 15) is 4.79 Å². The number of likely N-dealkylation sites (tertiary alicyclic amines) is 1. The van der Waals surface area contributed by atoms with Gasteiger partial charge in [0.1, 0.15) is 0 Å². The number of nitrogens with zero attached hydrogens (tertiary/aromatic N) is 3. The van der Waals surface area contributed by atoms with Crippen molar-refractivity contribution in [3.8, 4) is 0 Å². The van der Waals surface area contributed by atoms with E-state index in [0.717, 1.165) is 38.2 Å². The number of benzene rings is 1. The summed E-state index contributed by atoms with van der Waals surface area (Å²) >= 11 is 0. The predicted molar refractivity (Wildman–Crippen MR) is 114 cm³/mol. The standard InChI is InChI=1S/C23H31N5O/c1-27(16-20-9-5-6-12-24-20)17-22(29)28-13-10-19(11-14-28)23-21(15-25-26-23)18-7-3-2-4-8-18/h2-9,12,19,21,23,25-26H,10-11,13-17H2,1H3. The van der Waals surface area contributed by atoms with Crippen LogP contribution in [-0.4, -0.2) is 60.0 Å². The maximum atomic E-state index is 12.7. The molecule has 0 aliphatic carbocycles. The van der Waals surface area contributed by atoms with E-state index in [1.807, 2.05) is 35.0 Å². The molecule has 2 aliphatic heterocycles. The SMILES string of the molecule is CN(CC(=O)N1CCC(C2NNCC2c2ccccc2)CC1)Cc1ccccn1. The van der Waals surface area contributed by atoms with Crippen LogP contribution in [0.25, 0.3) is 0 Å². The summed E-state index contributed by atoms with van der Waals surface area (Å²) in [7, 11) is 1.98. The number of piperidine rings is 1. The molecule has 2 saturated heterocycles. The first kappa shape index (κ1) is 20.0. The van der Waals surface area contributed by atoms with Gasteiger partial charge in [0.25, 0.3) is 0 Å². The van der Waals surface area contributed by atoms with E-state index in [1.165, 1.54) is 5.56 Å². The lowest BCUT2D eigenvalue weighted by atomic mass is 9.80. The minimum atomic E-state index is 0.221. The normalized spacial score (nSPS) is 22.9. The van der Waals surface area contributed by atoms with Crippen LogP contribution in [0.3, 0.4) is 0 Å². The summed E-state index contributed by atoms with van der Waals surface area (Å²) in [5, 5.41) is 0. The van der Waals surface area contributed by atoms with Gasteiger partial charge in [-0.2, -0.15) is 0 Å². The van der Waals surface area contributed by atoms with Crippen LogP contribution < -0.4 is 10.9 Å². The number of hydrogen-bond donors (Lipinski definition) is 2. The van der Waals surface area contributed by atoms with Crippen molar-refractivity contribution in [1.82, 2.24) is 25.6 Å². The van der Waals surface area contributed by atoms with Crippen LogP contribution in [0.1, 0.15) is 30.0 Å². The number of likely N-dealkylation sites (N-methyl/N-ethyl adjacent to an activating group) is 1. The van der Waals surface area contributed by atoms with Crippen LogP contribution in [0.2, 0.25) is 0 Å². The van der Waals surface area contributed by atoms with Gasteiger partial charge in [-0.25, -0.2) is 0 Å². The number of nitrogens with one attached hydrogen (secondary N) is 2. The van der Waals surface area contributed by atoms with Gasteiger partial charge < -0.3 is 4.90 Å². The van der Waals surface area contributed by atoms with Crippen LogP contribution in [0, 0.1) is 5.92 Å². The first-order chi connectivity index (χ1) is 14.2.